The Bertz CT molecular complexity index is 469. The highest BCUT2D eigenvalue weighted by atomic mass is 16.4. The van der Waals surface area contributed by atoms with E-state index in [-0.39, 0.29) is 6.42 Å². The first-order valence-corrected chi connectivity index (χ1v) is 5.78. The van der Waals surface area contributed by atoms with Gasteiger partial charge in [-0.25, -0.2) is 0 Å². The van der Waals surface area contributed by atoms with Gasteiger partial charge in [0.05, 0.1) is 0 Å². The van der Waals surface area contributed by atoms with Gasteiger partial charge in [-0.15, -0.1) is 0 Å². The number of nitrogens with two attached hydrogens (primary N) is 1. The number of benzene rings is 1. The first kappa shape index (κ1) is 14.2. The van der Waals surface area contributed by atoms with E-state index < -0.39 is 17.3 Å². The molecule has 0 aliphatic rings. The normalized spacial score (nSPS) is 14.0. The molecule has 0 aromatic heterocycles. The van der Waals surface area contributed by atoms with Crippen molar-refractivity contribution in [3.63, 3.8) is 0 Å². The number of aryl methyl sites for hydroxylation is 3. The predicted molar refractivity (Wildman–Crippen MR) is 69.3 cm³/mol. The van der Waals surface area contributed by atoms with Crippen LogP contribution in [0, 0.1) is 26.2 Å². The van der Waals surface area contributed by atoms with Crippen molar-refractivity contribution in [3.05, 3.63) is 34.4 Å². The summed E-state index contributed by atoms with van der Waals surface area (Å²) in [5.74, 6) is -2.00. The van der Waals surface area contributed by atoms with E-state index in [0.717, 1.165) is 22.3 Å². The van der Waals surface area contributed by atoms with Crippen molar-refractivity contribution >= 4 is 11.9 Å². The summed E-state index contributed by atoms with van der Waals surface area (Å²) >= 11 is 0. The van der Waals surface area contributed by atoms with Gasteiger partial charge in [0.1, 0.15) is 5.41 Å². The maximum Gasteiger partial charge on any atom is 0.319 e. The molecule has 0 saturated carbocycles. The predicted octanol–water partition coefficient (Wildman–Crippen LogP) is 1.73. The van der Waals surface area contributed by atoms with Crippen molar-refractivity contribution in [1.82, 2.24) is 0 Å². The molecule has 1 amide bonds. The van der Waals surface area contributed by atoms with E-state index in [1.54, 1.807) is 0 Å². The maximum absolute atomic E-state index is 11.4. The van der Waals surface area contributed by atoms with Gasteiger partial charge in [-0.1, -0.05) is 17.7 Å². The van der Waals surface area contributed by atoms with Crippen LogP contribution in [-0.2, 0) is 16.0 Å². The summed E-state index contributed by atoms with van der Waals surface area (Å²) in [5.41, 5.74) is 7.63. The van der Waals surface area contributed by atoms with Crippen molar-refractivity contribution in [2.45, 2.75) is 34.1 Å². The molecule has 1 unspecified atom stereocenters. The van der Waals surface area contributed by atoms with Gasteiger partial charge in [-0.05, 0) is 50.8 Å². The van der Waals surface area contributed by atoms with Gasteiger partial charge < -0.3 is 10.8 Å². The number of carboxylic acid groups (broad SMARTS) is 1. The van der Waals surface area contributed by atoms with Crippen molar-refractivity contribution < 1.29 is 14.7 Å². The average molecular weight is 249 g/mol. The van der Waals surface area contributed by atoms with Crippen LogP contribution in [0.1, 0.15) is 29.2 Å². The molecule has 0 aliphatic carbocycles. The van der Waals surface area contributed by atoms with Crippen molar-refractivity contribution in [2.75, 3.05) is 0 Å². The average Bonchev–Trinajstić information content (AvgIpc) is 2.22. The van der Waals surface area contributed by atoms with E-state index in [9.17, 15) is 14.7 Å². The largest absolute Gasteiger partial charge is 0.480 e. The molecule has 18 heavy (non-hydrogen) atoms. The lowest BCUT2D eigenvalue weighted by atomic mass is 9.80. The van der Waals surface area contributed by atoms with Gasteiger partial charge in [0.25, 0.3) is 0 Å². The number of hydrogen-bond acceptors (Lipinski definition) is 2. The van der Waals surface area contributed by atoms with E-state index >= 15 is 0 Å². The van der Waals surface area contributed by atoms with Crippen molar-refractivity contribution in [1.29, 1.82) is 0 Å². The van der Waals surface area contributed by atoms with Gasteiger partial charge in [0.2, 0.25) is 5.91 Å². The Labute approximate surface area is 107 Å². The first-order chi connectivity index (χ1) is 8.18. The molecule has 1 atom stereocenters. The highest BCUT2D eigenvalue weighted by Gasteiger charge is 2.40. The number of primary amides is 1. The summed E-state index contributed by atoms with van der Waals surface area (Å²) < 4.78 is 0. The zero-order valence-corrected chi connectivity index (χ0v) is 11.2. The second-order valence-electron chi connectivity index (χ2n) is 5.06. The molecular weight excluding hydrogens is 230 g/mol. The topological polar surface area (TPSA) is 80.4 Å². The summed E-state index contributed by atoms with van der Waals surface area (Å²) in [4.78, 5) is 22.7. The minimum Gasteiger partial charge on any atom is -0.480 e. The van der Waals surface area contributed by atoms with Gasteiger partial charge in [0.15, 0.2) is 0 Å². The highest BCUT2D eigenvalue weighted by molar-refractivity contribution is 6.01. The Morgan fingerprint density at radius 3 is 2.00 bits per heavy atom. The second-order valence-corrected chi connectivity index (χ2v) is 5.06. The minimum absolute atomic E-state index is 0.121. The summed E-state index contributed by atoms with van der Waals surface area (Å²) in [6.45, 7) is 7.18. The number of carbonyl (C=O) groups excluding carboxylic acids is 1. The summed E-state index contributed by atoms with van der Waals surface area (Å²) in [6.07, 6.45) is 0.121. The van der Waals surface area contributed by atoms with Gasteiger partial charge in [-0.3, -0.25) is 9.59 Å². The van der Waals surface area contributed by atoms with Crippen molar-refractivity contribution in [3.8, 4) is 0 Å². The Morgan fingerprint density at radius 1 is 1.22 bits per heavy atom. The molecule has 4 heteroatoms. The lowest BCUT2D eigenvalue weighted by Crippen LogP contribution is -2.43. The number of hydrogen-bond donors (Lipinski definition) is 2. The third-order valence-electron chi connectivity index (χ3n) is 3.39. The van der Waals surface area contributed by atoms with Crippen LogP contribution in [0.4, 0.5) is 0 Å². The fourth-order valence-electron chi connectivity index (χ4n) is 2.11. The third kappa shape index (κ3) is 2.53. The molecule has 0 radical (unpaired) electrons. The van der Waals surface area contributed by atoms with Crippen LogP contribution < -0.4 is 5.73 Å². The summed E-state index contributed by atoms with van der Waals surface area (Å²) in [5, 5.41) is 9.20. The van der Waals surface area contributed by atoms with Crippen LogP contribution >= 0.6 is 0 Å². The van der Waals surface area contributed by atoms with Crippen LogP contribution in [0.5, 0.6) is 0 Å². The standard InChI is InChI=1S/C14H19NO3/c1-8-5-9(2)11(10(3)6-8)7-14(4,12(15)16)13(17)18/h5-6H,7H2,1-4H3,(H2,15,16)(H,17,18). The number of carboxylic acids is 1. The summed E-state index contributed by atoms with van der Waals surface area (Å²) in [7, 11) is 0. The molecule has 0 fully saturated rings. The third-order valence-corrected chi connectivity index (χ3v) is 3.39. The fourth-order valence-corrected chi connectivity index (χ4v) is 2.11. The van der Waals surface area contributed by atoms with E-state index in [2.05, 4.69) is 0 Å². The monoisotopic (exact) mass is 249 g/mol. The zero-order valence-electron chi connectivity index (χ0n) is 11.2. The van der Waals surface area contributed by atoms with Crippen LogP contribution in [0.2, 0.25) is 0 Å². The number of rotatable bonds is 4. The van der Waals surface area contributed by atoms with E-state index in [0.29, 0.717) is 0 Å². The minimum atomic E-state index is -1.56. The second kappa shape index (κ2) is 4.80. The van der Waals surface area contributed by atoms with Gasteiger partial charge >= 0.3 is 5.97 Å². The molecule has 0 saturated heterocycles. The fraction of sp³-hybridized carbons (Fsp3) is 0.429. The van der Waals surface area contributed by atoms with Crippen LogP contribution in [-0.4, -0.2) is 17.0 Å². The van der Waals surface area contributed by atoms with Crippen LogP contribution in [0.25, 0.3) is 0 Å². The molecule has 0 aliphatic heterocycles. The molecule has 3 N–H and O–H groups in total. The maximum atomic E-state index is 11.4. The number of aliphatic carboxylic acids is 1. The molecule has 98 valence electrons. The van der Waals surface area contributed by atoms with Gasteiger partial charge in [0, 0.05) is 0 Å². The SMILES string of the molecule is Cc1cc(C)c(CC(C)(C(N)=O)C(=O)O)c(C)c1. The number of amides is 1. The zero-order chi connectivity index (χ0) is 14.1. The Kier molecular flexibility index (Phi) is 3.79. The molecule has 0 bridgehead atoms. The highest BCUT2D eigenvalue weighted by Crippen LogP contribution is 2.27. The molecule has 4 nitrogen and oxygen atoms in total. The molecule has 0 spiro atoms. The van der Waals surface area contributed by atoms with Crippen LogP contribution in [0.15, 0.2) is 12.1 Å². The Hall–Kier alpha value is -1.84. The quantitative estimate of drug-likeness (QED) is 0.797. The van der Waals surface area contributed by atoms with E-state index in [1.165, 1.54) is 6.92 Å². The smallest absolute Gasteiger partial charge is 0.319 e. The molecular formula is C14H19NO3. The van der Waals surface area contributed by atoms with E-state index in [4.69, 9.17) is 5.73 Å². The number of carbonyl (C=O) groups is 2. The molecule has 1 aromatic carbocycles. The molecule has 1 aromatic rings. The molecule has 1 rings (SSSR count). The van der Waals surface area contributed by atoms with Crippen molar-refractivity contribution in [2.24, 2.45) is 11.1 Å². The first-order valence-electron chi connectivity index (χ1n) is 5.78. The lowest BCUT2D eigenvalue weighted by Gasteiger charge is -2.23. The Morgan fingerprint density at radius 2 is 1.67 bits per heavy atom. The lowest BCUT2D eigenvalue weighted by molar-refractivity contribution is -0.153. The van der Waals surface area contributed by atoms with E-state index in [1.807, 2.05) is 32.9 Å². The Balaban J connectivity index is 3.26. The summed E-state index contributed by atoms with van der Waals surface area (Å²) in [6, 6.07) is 3.96. The molecule has 0 heterocycles. The van der Waals surface area contributed by atoms with Gasteiger partial charge in [-0.2, -0.15) is 0 Å². The van der Waals surface area contributed by atoms with Crippen LogP contribution in [0.3, 0.4) is 0 Å².